The van der Waals surface area contributed by atoms with Gasteiger partial charge in [0.2, 0.25) is 0 Å². The third-order valence-electron chi connectivity index (χ3n) is 4.15. The van der Waals surface area contributed by atoms with Crippen LogP contribution in [-0.4, -0.2) is 15.6 Å². The molecule has 1 aromatic heterocycles. The van der Waals surface area contributed by atoms with Crippen LogP contribution in [0, 0.1) is 13.8 Å². The molecule has 22 heavy (non-hydrogen) atoms. The number of fused-ring (bicyclic) bond motifs is 1. The highest BCUT2D eigenvalue weighted by molar-refractivity contribution is 5.89. The van der Waals surface area contributed by atoms with Crippen LogP contribution in [0.4, 0.5) is 0 Å². The van der Waals surface area contributed by atoms with E-state index in [9.17, 15) is 9.90 Å². The highest BCUT2D eigenvalue weighted by Gasteiger charge is 2.16. The number of aryl methyl sites for hydroxylation is 1. The van der Waals surface area contributed by atoms with Crippen LogP contribution in [0.1, 0.15) is 22.4 Å². The molecule has 0 radical (unpaired) electrons. The SMILES string of the molecule is Cc1ccc(Cn2c(C)c(CC(=O)O)c3ccccc32)cc1. The van der Waals surface area contributed by atoms with Gasteiger partial charge in [-0.05, 0) is 31.0 Å². The van der Waals surface area contributed by atoms with Gasteiger partial charge in [-0.1, -0.05) is 48.0 Å². The molecule has 0 unspecified atom stereocenters. The lowest BCUT2D eigenvalue weighted by molar-refractivity contribution is -0.136. The molecule has 2 aromatic carbocycles. The number of nitrogens with zero attached hydrogens (tertiary/aromatic N) is 1. The largest absolute Gasteiger partial charge is 0.481 e. The van der Waals surface area contributed by atoms with Gasteiger partial charge >= 0.3 is 5.97 Å². The van der Waals surface area contributed by atoms with Crippen molar-refractivity contribution in [2.24, 2.45) is 0 Å². The van der Waals surface area contributed by atoms with E-state index in [0.29, 0.717) is 0 Å². The number of para-hydroxylation sites is 1. The molecule has 112 valence electrons. The van der Waals surface area contributed by atoms with E-state index >= 15 is 0 Å². The Balaban J connectivity index is 2.10. The van der Waals surface area contributed by atoms with E-state index in [1.807, 2.05) is 25.1 Å². The van der Waals surface area contributed by atoms with Crippen molar-refractivity contribution in [2.75, 3.05) is 0 Å². The fraction of sp³-hybridized carbons (Fsp3) is 0.211. The first kappa shape index (κ1) is 14.4. The van der Waals surface area contributed by atoms with Crippen LogP contribution in [0.3, 0.4) is 0 Å². The lowest BCUT2D eigenvalue weighted by atomic mass is 10.1. The Morgan fingerprint density at radius 2 is 1.73 bits per heavy atom. The van der Waals surface area contributed by atoms with Gasteiger partial charge in [-0.3, -0.25) is 4.79 Å². The van der Waals surface area contributed by atoms with Crippen LogP contribution < -0.4 is 0 Å². The van der Waals surface area contributed by atoms with Crippen molar-refractivity contribution in [3.63, 3.8) is 0 Å². The van der Waals surface area contributed by atoms with Gasteiger partial charge in [0, 0.05) is 23.1 Å². The zero-order valence-corrected chi connectivity index (χ0v) is 12.8. The van der Waals surface area contributed by atoms with E-state index < -0.39 is 5.97 Å². The van der Waals surface area contributed by atoms with Crippen molar-refractivity contribution >= 4 is 16.9 Å². The average molecular weight is 293 g/mol. The molecule has 1 N–H and O–H groups in total. The second kappa shape index (κ2) is 5.68. The highest BCUT2D eigenvalue weighted by Crippen LogP contribution is 2.27. The zero-order chi connectivity index (χ0) is 15.7. The van der Waals surface area contributed by atoms with Gasteiger partial charge in [-0.25, -0.2) is 0 Å². The van der Waals surface area contributed by atoms with Gasteiger partial charge in [0.05, 0.1) is 6.42 Å². The smallest absolute Gasteiger partial charge is 0.307 e. The van der Waals surface area contributed by atoms with Crippen molar-refractivity contribution in [1.82, 2.24) is 4.57 Å². The second-order valence-corrected chi connectivity index (χ2v) is 5.72. The van der Waals surface area contributed by atoms with Crippen molar-refractivity contribution in [2.45, 2.75) is 26.8 Å². The molecule has 1 heterocycles. The monoisotopic (exact) mass is 293 g/mol. The number of aromatic nitrogens is 1. The third-order valence-corrected chi connectivity index (χ3v) is 4.15. The lowest BCUT2D eigenvalue weighted by Crippen LogP contribution is -2.05. The van der Waals surface area contributed by atoms with Crippen molar-refractivity contribution in [1.29, 1.82) is 0 Å². The first-order chi connectivity index (χ1) is 10.6. The van der Waals surface area contributed by atoms with Crippen LogP contribution in [0.15, 0.2) is 48.5 Å². The van der Waals surface area contributed by atoms with Gasteiger partial charge in [-0.15, -0.1) is 0 Å². The molecule has 0 aliphatic rings. The minimum atomic E-state index is -0.790. The van der Waals surface area contributed by atoms with Crippen LogP contribution >= 0.6 is 0 Å². The molecular weight excluding hydrogens is 274 g/mol. The molecular formula is C19H19NO2. The number of carbonyl (C=O) groups is 1. The van der Waals surface area contributed by atoms with E-state index in [-0.39, 0.29) is 6.42 Å². The predicted molar refractivity (Wildman–Crippen MR) is 88.3 cm³/mol. The minimum absolute atomic E-state index is 0.0627. The summed E-state index contributed by atoms with van der Waals surface area (Å²) in [6.45, 7) is 4.84. The van der Waals surface area contributed by atoms with E-state index in [1.54, 1.807) is 0 Å². The molecule has 0 fully saturated rings. The minimum Gasteiger partial charge on any atom is -0.481 e. The summed E-state index contributed by atoms with van der Waals surface area (Å²) in [6.07, 6.45) is 0.0627. The standard InChI is InChI=1S/C19H19NO2/c1-13-7-9-15(10-8-13)12-20-14(2)17(11-19(21)22)16-5-3-4-6-18(16)20/h3-10H,11-12H2,1-2H3,(H,21,22). The van der Waals surface area contributed by atoms with Crippen molar-refractivity contribution < 1.29 is 9.90 Å². The Labute approximate surface area is 129 Å². The maximum absolute atomic E-state index is 11.2. The summed E-state index contributed by atoms with van der Waals surface area (Å²) in [7, 11) is 0. The van der Waals surface area contributed by atoms with E-state index in [0.717, 1.165) is 28.7 Å². The van der Waals surface area contributed by atoms with E-state index in [1.165, 1.54) is 11.1 Å². The number of hydrogen-bond donors (Lipinski definition) is 1. The van der Waals surface area contributed by atoms with Gasteiger partial charge in [0.25, 0.3) is 0 Å². The summed E-state index contributed by atoms with van der Waals surface area (Å²) in [5.41, 5.74) is 5.50. The maximum Gasteiger partial charge on any atom is 0.307 e. The van der Waals surface area contributed by atoms with Gasteiger partial charge < -0.3 is 9.67 Å². The summed E-state index contributed by atoms with van der Waals surface area (Å²) in [5.74, 6) is -0.790. The van der Waals surface area contributed by atoms with Crippen LogP contribution in [-0.2, 0) is 17.8 Å². The number of carboxylic acids is 1. The molecule has 0 aliphatic heterocycles. The summed E-state index contributed by atoms with van der Waals surface area (Å²) in [4.78, 5) is 11.2. The van der Waals surface area contributed by atoms with Gasteiger partial charge in [0.15, 0.2) is 0 Å². The Kier molecular flexibility index (Phi) is 3.72. The fourth-order valence-corrected chi connectivity index (χ4v) is 2.96. The highest BCUT2D eigenvalue weighted by atomic mass is 16.4. The second-order valence-electron chi connectivity index (χ2n) is 5.72. The van der Waals surface area contributed by atoms with Crippen LogP contribution in [0.5, 0.6) is 0 Å². The van der Waals surface area contributed by atoms with E-state index in [2.05, 4.69) is 41.8 Å². The Morgan fingerprint density at radius 3 is 2.41 bits per heavy atom. The molecule has 3 rings (SSSR count). The first-order valence-electron chi connectivity index (χ1n) is 7.40. The number of carboxylic acid groups (broad SMARTS) is 1. The predicted octanol–water partition coefficient (Wildman–Crippen LogP) is 3.93. The summed E-state index contributed by atoms with van der Waals surface area (Å²) >= 11 is 0. The number of aliphatic carboxylic acids is 1. The van der Waals surface area contributed by atoms with Gasteiger partial charge in [-0.2, -0.15) is 0 Å². The molecule has 3 nitrogen and oxygen atoms in total. The van der Waals surface area contributed by atoms with Crippen LogP contribution in [0.2, 0.25) is 0 Å². The molecule has 3 aromatic rings. The topological polar surface area (TPSA) is 42.2 Å². The molecule has 0 amide bonds. The maximum atomic E-state index is 11.2. The van der Waals surface area contributed by atoms with Crippen molar-refractivity contribution in [3.05, 3.63) is 70.9 Å². The molecule has 0 aliphatic carbocycles. The third kappa shape index (κ3) is 2.62. The Hall–Kier alpha value is -2.55. The molecule has 0 saturated carbocycles. The van der Waals surface area contributed by atoms with E-state index in [4.69, 9.17) is 0 Å². The Bertz CT molecular complexity index is 829. The molecule has 0 bridgehead atoms. The molecule has 0 saturated heterocycles. The Morgan fingerprint density at radius 1 is 1.05 bits per heavy atom. The quantitative estimate of drug-likeness (QED) is 0.792. The summed E-state index contributed by atoms with van der Waals surface area (Å²) in [6, 6.07) is 16.5. The normalized spacial score (nSPS) is 11.0. The van der Waals surface area contributed by atoms with Crippen LogP contribution in [0.25, 0.3) is 10.9 Å². The first-order valence-corrected chi connectivity index (χ1v) is 7.40. The number of rotatable bonds is 4. The molecule has 0 spiro atoms. The van der Waals surface area contributed by atoms with Crippen molar-refractivity contribution in [3.8, 4) is 0 Å². The molecule has 0 atom stereocenters. The summed E-state index contributed by atoms with van der Waals surface area (Å²) in [5, 5.41) is 10.2. The number of hydrogen-bond acceptors (Lipinski definition) is 1. The number of benzene rings is 2. The summed E-state index contributed by atoms with van der Waals surface area (Å²) < 4.78 is 2.21. The lowest BCUT2D eigenvalue weighted by Gasteiger charge is -2.09. The van der Waals surface area contributed by atoms with Gasteiger partial charge in [0.1, 0.15) is 0 Å². The average Bonchev–Trinajstić information content (AvgIpc) is 2.75. The fourth-order valence-electron chi connectivity index (χ4n) is 2.96. The zero-order valence-electron chi connectivity index (χ0n) is 12.8. The molecule has 3 heteroatoms.